The number of benzene rings is 2. The van der Waals surface area contributed by atoms with Crippen LogP contribution in [-0.2, 0) is 0 Å². The van der Waals surface area contributed by atoms with Crippen LogP contribution in [0.5, 0.6) is 0 Å². The second kappa shape index (κ2) is 7.87. The molecular formula is C19H19N5O4. The van der Waals surface area contributed by atoms with Gasteiger partial charge in [-0.25, -0.2) is 0 Å². The molecule has 1 atom stereocenters. The molecule has 3 rings (SSSR count). The minimum Gasteiger partial charge on any atom is -0.378 e. The predicted octanol–water partition coefficient (Wildman–Crippen LogP) is 3.20. The quantitative estimate of drug-likeness (QED) is 0.515. The Morgan fingerprint density at radius 1 is 1.21 bits per heavy atom. The number of amides is 1. The van der Waals surface area contributed by atoms with Crippen LogP contribution in [0, 0.1) is 10.1 Å². The summed E-state index contributed by atoms with van der Waals surface area (Å²) < 4.78 is 5.26. The van der Waals surface area contributed by atoms with Crippen molar-refractivity contribution < 1.29 is 14.2 Å². The summed E-state index contributed by atoms with van der Waals surface area (Å²) in [7, 11) is 3.90. The Morgan fingerprint density at radius 2 is 1.93 bits per heavy atom. The highest BCUT2D eigenvalue weighted by atomic mass is 16.6. The highest BCUT2D eigenvalue weighted by Gasteiger charge is 2.19. The molecule has 0 fully saturated rings. The standard InChI is InChI=1S/C19H19N5O4/c1-12(20-18(25)14-5-4-6-16(11-14)24(26)27)19-21-17(22-28-19)13-7-9-15(10-8-13)23(2)3/h4-12H,1-3H3,(H,20,25). The lowest BCUT2D eigenvalue weighted by atomic mass is 10.1. The van der Waals surface area contributed by atoms with Gasteiger partial charge in [0.25, 0.3) is 11.6 Å². The van der Waals surface area contributed by atoms with E-state index in [0.29, 0.717) is 5.82 Å². The number of nitrogens with zero attached hydrogens (tertiary/aromatic N) is 4. The number of non-ortho nitro benzene ring substituents is 1. The van der Waals surface area contributed by atoms with Gasteiger partial charge in [0.2, 0.25) is 11.7 Å². The summed E-state index contributed by atoms with van der Waals surface area (Å²) >= 11 is 0. The van der Waals surface area contributed by atoms with Crippen molar-refractivity contribution in [3.8, 4) is 11.4 Å². The second-order valence-corrected chi connectivity index (χ2v) is 6.40. The third-order valence-corrected chi connectivity index (χ3v) is 4.12. The van der Waals surface area contributed by atoms with Crippen LogP contribution in [-0.4, -0.2) is 35.1 Å². The van der Waals surface area contributed by atoms with Crippen molar-refractivity contribution >= 4 is 17.3 Å². The maximum atomic E-state index is 12.4. The molecule has 1 amide bonds. The minimum atomic E-state index is -0.561. The van der Waals surface area contributed by atoms with Crippen LogP contribution in [0.25, 0.3) is 11.4 Å². The molecule has 0 aliphatic heterocycles. The van der Waals surface area contributed by atoms with Crippen LogP contribution in [0.4, 0.5) is 11.4 Å². The molecule has 0 saturated heterocycles. The van der Waals surface area contributed by atoms with Crippen LogP contribution in [0.3, 0.4) is 0 Å². The number of nitro groups is 1. The number of anilines is 1. The summed E-state index contributed by atoms with van der Waals surface area (Å²) in [6.45, 7) is 1.70. The van der Waals surface area contributed by atoms with Gasteiger partial charge in [-0.3, -0.25) is 14.9 Å². The van der Waals surface area contributed by atoms with Gasteiger partial charge in [-0.2, -0.15) is 4.98 Å². The van der Waals surface area contributed by atoms with Crippen molar-refractivity contribution in [3.63, 3.8) is 0 Å². The molecular weight excluding hydrogens is 362 g/mol. The van der Waals surface area contributed by atoms with E-state index in [1.165, 1.54) is 24.3 Å². The minimum absolute atomic E-state index is 0.151. The lowest BCUT2D eigenvalue weighted by molar-refractivity contribution is -0.384. The number of rotatable bonds is 6. The molecule has 1 heterocycles. The van der Waals surface area contributed by atoms with Crippen LogP contribution in [0.2, 0.25) is 0 Å². The van der Waals surface area contributed by atoms with E-state index in [-0.39, 0.29) is 17.1 Å². The predicted molar refractivity (Wildman–Crippen MR) is 103 cm³/mol. The number of aromatic nitrogens is 2. The van der Waals surface area contributed by atoms with E-state index in [1.807, 2.05) is 43.3 Å². The summed E-state index contributed by atoms with van der Waals surface area (Å²) in [6.07, 6.45) is 0. The van der Waals surface area contributed by atoms with Crippen LogP contribution in [0.1, 0.15) is 29.2 Å². The number of carbonyl (C=O) groups is 1. The normalized spacial score (nSPS) is 11.7. The Balaban J connectivity index is 1.71. The fourth-order valence-electron chi connectivity index (χ4n) is 2.54. The van der Waals surface area contributed by atoms with Gasteiger partial charge in [0.15, 0.2) is 0 Å². The Hall–Kier alpha value is -3.75. The molecule has 1 aromatic heterocycles. The summed E-state index contributed by atoms with van der Waals surface area (Å²) in [6, 6.07) is 12.6. The lowest BCUT2D eigenvalue weighted by Gasteiger charge is -2.11. The first kappa shape index (κ1) is 19.0. The lowest BCUT2D eigenvalue weighted by Crippen LogP contribution is -2.26. The van der Waals surface area contributed by atoms with Crippen LogP contribution < -0.4 is 10.2 Å². The van der Waals surface area contributed by atoms with E-state index in [9.17, 15) is 14.9 Å². The van der Waals surface area contributed by atoms with Gasteiger partial charge in [-0.15, -0.1) is 0 Å². The van der Waals surface area contributed by atoms with Crippen molar-refractivity contribution in [2.24, 2.45) is 0 Å². The summed E-state index contributed by atoms with van der Waals surface area (Å²) in [4.78, 5) is 29.0. The van der Waals surface area contributed by atoms with E-state index in [0.717, 1.165) is 11.3 Å². The van der Waals surface area contributed by atoms with E-state index >= 15 is 0 Å². The molecule has 0 aliphatic carbocycles. The first-order valence-electron chi connectivity index (χ1n) is 8.52. The summed E-state index contributed by atoms with van der Waals surface area (Å²) in [5.74, 6) is 0.188. The zero-order chi connectivity index (χ0) is 20.3. The number of nitro benzene ring substituents is 1. The van der Waals surface area contributed by atoms with Crippen molar-refractivity contribution in [3.05, 3.63) is 70.1 Å². The van der Waals surface area contributed by atoms with Gasteiger partial charge in [0, 0.05) is 43.0 Å². The van der Waals surface area contributed by atoms with E-state index in [1.54, 1.807) is 6.92 Å². The average Bonchev–Trinajstić information content (AvgIpc) is 3.18. The van der Waals surface area contributed by atoms with Gasteiger partial charge in [-0.1, -0.05) is 11.2 Å². The first-order chi connectivity index (χ1) is 13.3. The fourth-order valence-corrected chi connectivity index (χ4v) is 2.54. The molecule has 1 N–H and O–H groups in total. The molecule has 2 aromatic carbocycles. The Labute approximate surface area is 161 Å². The van der Waals surface area contributed by atoms with Gasteiger partial charge >= 0.3 is 0 Å². The van der Waals surface area contributed by atoms with Gasteiger partial charge in [-0.05, 0) is 37.3 Å². The maximum absolute atomic E-state index is 12.4. The van der Waals surface area contributed by atoms with Gasteiger partial charge < -0.3 is 14.7 Å². The molecule has 144 valence electrons. The molecule has 0 bridgehead atoms. The molecule has 0 saturated carbocycles. The van der Waals surface area contributed by atoms with Gasteiger partial charge in [0.1, 0.15) is 6.04 Å². The molecule has 9 heteroatoms. The zero-order valence-electron chi connectivity index (χ0n) is 15.6. The van der Waals surface area contributed by atoms with Crippen molar-refractivity contribution in [1.82, 2.24) is 15.5 Å². The van der Waals surface area contributed by atoms with Crippen LogP contribution >= 0.6 is 0 Å². The Kier molecular flexibility index (Phi) is 5.35. The molecule has 0 spiro atoms. The zero-order valence-corrected chi connectivity index (χ0v) is 15.6. The largest absolute Gasteiger partial charge is 0.378 e. The maximum Gasteiger partial charge on any atom is 0.270 e. The smallest absolute Gasteiger partial charge is 0.270 e. The molecule has 9 nitrogen and oxygen atoms in total. The van der Waals surface area contributed by atoms with Crippen molar-refractivity contribution in [1.29, 1.82) is 0 Å². The Morgan fingerprint density at radius 3 is 2.57 bits per heavy atom. The average molecular weight is 381 g/mol. The Bertz CT molecular complexity index is 998. The monoisotopic (exact) mass is 381 g/mol. The first-order valence-corrected chi connectivity index (χ1v) is 8.52. The summed E-state index contributed by atoms with van der Waals surface area (Å²) in [5.41, 5.74) is 1.87. The SMILES string of the molecule is CC(NC(=O)c1cccc([N+](=O)[O-])c1)c1nc(-c2ccc(N(C)C)cc2)no1. The molecule has 3 aromatic rings. The molecule has 0 radical (unpaired) electrons. The second-order valence-electron chi connectivity index (χ2n) is 6.40. The van der Waals surface area contributed by atoms with Crippen LogP contribution in [0.15, 0.2) is 53.1 Å². The topological polar surface area (TPSA) is 114 Å². The third-order valence-electron chi connectivity index (χ3n) is 4.12. The van der Waals surface area contributed by atoms with Crippen molar-refractivity contribution in [2.75, 3.05) is 19.0 Å². The van der Waals surface area contributed by atoms with E-state index < -0.39 is 16.9 Å². The van der Waals surface area contributed by atoms with E-state index in [4.69, 9.17) is 4.52 Å². The molecule has 0 aliphatic rings. The van der Waals surface area contributed by atoms with Gasteiger partial charge in [0.05, 0.1) is 4.92 Å². The van der Waals surface area contributed by atoms with E-state index in [2.05, 4.69) is 15.5 Å². The number of carbonyl (C=O) groups excluding carboxylic acids is 1. The number of hydrogen-bond acceptors (Lipinski definition) is 7. The van der Waals surface area contributed by atoms with Crippen molar-refractivity contribution in [2.45, 2.75) is 13.0 Å². The highest BCUT2D eigenvalue weighted by molar-refractivity contribution is 5.95. The molecule has 1 unspecified atom stereocenters. The summed E-state index contributed by atoms with van der Waals surface area (Å²) in [5, 5.41) is 17.5. The highest BCUT2D eigenvalue weighted by Crippen LogP contribution is 2.22. The number of hydrogen-bond donors (Lipinski definition) is 1. The fraction of sp³-hybridized carbons (Fsp3) is 0.211. The number of nitrogens with one attached hydrogen (secondary N) is 1. The molecule has 28 heavy (non-hydrogen) atoms. The third kappa shape index (κ3) is 4.14.